The molecule has 2 heterocycles. The lowest BCUT2D eigenvalue weighted by Crippen LogP contribution is -2.54. The summed E-state index contributed by atoms with van der Waals surface area (Å²) in [5, 5.41) is 2.74. The second kappa shape index (κ2) is 10.7. The molecule has 2 aromatic carbocycles. The van der Waals surface area contributed by atoms with Gasteiger partial charge in [0.15, 0.2) is 0 Å². The molecule has 2 aliphatic heterocycles. The lowest BCUT2D eigenvalue weighted by Gasteiger charge is -2.43. The molecule has 0 aromatic heterocycles. The van der Waals surface area contributed by atoms with Crippen LogP contribution < -0.4 is 5.32 Å². The van der Waals surface area contributed by atoms with Crippen LogP contribution in [0.4, 0.5) is 30.7 Å². The molecule has 2 saturated heterocycles. The first-order valence-corrected chi connectivity index (χ1v) is 12.7. The third kappa shape index (κ3) is 6.11. The summed E-state index contributed by atoms with van der Waals surface area (Å²) in [6, 6.07) is 6.39. The summed E-state index contributed by atoms with van der Waals surface area (Å²) in [6.07, 6.45) is -10.9. The molecule has 0 bridgehead atoms. The zero-order chi connectivity index (χ0) is 29.6. The minimum Gasteiger partial charge on any atom is -0.368 e. The van der Waals surface area contributed by atoms with E-state index in [1.165, 1.54) is 31.2 Å². The van der Waals surface area contributed by atoms with Crippen LogP contribution in [0.15, 0.2) is 42.5 Å². The number of piperidine rings is 1. The molecular formula is C28H29F7N2O3. The first-order chi connectivity index (χ1) is 18.5. The van der Waals surface area contributed by atoms with E-state index in [1.54, 1.807) is 18.7 Å². The molecule has 218 valence electrons. The molecule has 0 spiro atoms. The zero-order valence-corrected chi connectivity index (χ0v) is 21.9. The normalized spacial score (nSPS) is 24.6. The molecule has 5 nitrogen and oxygen atoms in total. The molecule has 5 atom stereocenters. The number of hydrogen-bond donors (Lipinski definition) is 1. The number of halogens is 7. The standard InChI is InChI=1S/C28H29F7N2O3/c1-15(17-8-19(27(30,31)32)10-20(9-17)28(33,34)35)40-23-13-37-22(25(23)16-4-6-21(29)7-5-16)11-18(12-24(37)39)26(2,3)36-14-38/h4-10,14-15,18,22-23,25H,11-13H2,1-3H3,(H,36,38)/t15-,18?,22?,23+,25+/m1/s1. The topological polar surface area (TPSA) is 58.6 Å². The molecule has 2 unspecified atom stereocenters. The second-order valence-electron chi connectivity index (χ2n) is 11.0. The Morgan fingerprint density at radius 2 is 1.57 bits per heavy atom. The lowest BCUT2D eigenvalue weighted by atomic mass is 9.74. The van der Waals surface area contributed by atoms with Crippen LogP contribution in [-0.2, 0) is 26.7 Å². The average Bonchev–Trinajstić information content (AvgIpc) is 3.21. The number of ether oxygens (including phenoxy) is 1. The highest BCUT2D eigenvalue weighted by Gasteiger charge is 2.51. The fourth-order valence-electron chi connectivity index (χ4n) is 5.77. The molecule has 2 aromatic rings. The number of hydrogen-bond acceptors (Lipinski definition) is 3. The Labute approximate surface area is 226 Å². The average molecular weight is 575 g/mol. The SMILES string of the molecule is C[C@@H](O[C@H]1CN2C(=O)CC(C(C)(C)NC=O)CC2[C@@H]1c1ccc(F)cc1)c1cc(C(F)(F)F)cc(C(F)(F)F)c1. The van der Waals surface area contributed by atoms with E-state index in [0.717, 1.165) is 0 Å². The predicted molar refractivity (Wildman–Crippen MR) is 130 cm³/mol. The van der Waals surface area contributed by atoms with E-state index < -0.39 is 59.0 Å². The number of alkyl halides is 6. The van der Waals surface area contributed by atoms with Crippen molar-refractivity contribution in [1.29, 1.82) is 0 Å². The van der Waals surface area contributed by atoms with Gasteiger partial charge in [0, 0.05) is 30.5 Å². The maximum atomic E-state index is 13.7. The van der Waals surface area contributed by atoms with Gasteiger partial charge in [-0.15, -0.1) is 0 Å². The summed E-state index contributed by atoms with van der Waals surface area (Å²) in [6.45, 7) is 4.99. The van der Waals surface area contributed by atoms with Crippen LogP contribution in [0.5, 0.6) is 0 Å². The first kappa shape index (κ1) is 29.8. The highest BCUT2D eigenvalue weighted by Crippen LogP contribution is 2.46. The van der Waals surface area contributed by atoms with Gasteiger partial charge in [-0.05, 0) is 74.6 Å². The smallest absolute Gasteiger partial charge is 0.368 e. The molecule has 2 amide bonds. The molecule has 40 heavy (non-hydrogen) atoms. The number of carbonyl (C=O) groups excluding carboxylic acids is 2. The Kier molecular flexibility index (Phi) is 7.96. The summed E-state index contributed by atoms with van der Waals surface area (Å²) in [4.78, 5) is 26.0. The summed E-state index contributed by atoms with van der Waals surface area (Å²) in [7, 11) is 0. The highest BCUT2D eigenvalue weighted by atomic mass is 19.4. The van der Waals surface area contributed by atoms with Gasteiger partial charge in [-0.2, -0.15) is 26.3 Å². The predicted octanol–water partition coefficient (Wildman–Crippen LogP) is 6.24. The van der Waals surface area contributed by atoms with Crippen molar-refractivity contribution in [2.45, 2.75) is 75.7 Å². The van der Waals surface area contributed by atoms with Crippen molar-refractivity contribution in [2.75, 3.05) is 6.54 Å². The van der Waals surface area contributed by atoms with Crippen molar-refractivity contribution in [2.24, 2.45) is 5.92 Å². The van der Waals surface area contributed by atoms with Crippen molar-refractivity contribution >= 4 is 12.3 Å². The Morgan fingerprint density at radius 1 is 1.00 bits per heavy atom. The first-order valence-electron chi connectivity index (χ1n) is 12.7. The second-order valence-corrected chi connectivity index (χ2v) is 11.0. The van der Waals surface area contributed by atoms with Gasteiger partial charge in [0.2, 0.25) is 12.3 Å². The van der Waals surface area contributed by atoms with E-state index in [1.807, 2.05) is 0 Å². The number of nitrogens with zero attached hydrogens (tertiary/aromatic N) is 1. The van der Waals surface area contributed by atoms with Crippen LogP contribution >= 0.6 is 0 Å². The number of rotatable bonds is 7. The number of carbonyl (C=O) groups is 2. The van der Waals surface area contributed by atoms with Gasteiger partial charge in [-0.1, -0.05) is 12.1 Å². The van der Waals surface area contributed by atoms with E-state index in [2.05, 4.69) is 5.32 Å². The minimum atomic E-state index is -5.01. The molecule has 2 aliphatic rings. The molecule has 4 rings (SSSR count). The molecule has 1 N–H and O–H groups in total. The van der Waals surface area contributed by atoms with Crippen molar-refractivity contribution in [3.63, 3.8) is 0 Å². The van der Waals surface area contributed by atoms with E-state index in [9.17, 15) is 40.3 Å². The van der Waals surface area contributed by atoms with Gasteiger partial charge in [-0.25, -0.2) is 4.39 Å². The third-order valence-corrected chi connectivity index (χ3v) is 8.02. The van der Waals surface area contributed by atoms with Gasteiger partial charge in [0.1, 0.15) is 5.82 Å². The maximum Gasteiger partial charge on any atom is 0.416 e. The number of nitrogens with one attached hydrogen (secondary N) is 1. The van der Waals surface area contributed by atoms with Crippen LogP contribution in [0.2, 0.25) is 0 Å². The van der Waals surface area contributed by atoms with Crippen LogP contribution in [-0.4, -0.2) is 41.4 Å². The van der Waals surface area contributed by atoms with Gasteiger partial charge in [-0.3, -0.25) is 9.59 Å². The van der Waals surface area contributed by atoms with Gasteiger partial charge < -0.3 is 15.0 Å². The fraction of sp³-hybridized carbons (Fsp3) is 0.500. The summed E-state index contributed by atoms with van der Waals surface area (Å²) in [5.74, 6) is -1.52. The van der Waals surface area contributed by atoms with E-state index in [0.29, 0.717) is 30.5 Å². The van der Waals surface area contributed by atoms with Gasteiger partial charge >= 0.3 is 12.4 Å². The molecule has 0 saturated carbocycles. The number of benzene rings is 2. The summed E-state index contributed by atoms with van der Waals surface area (Å²) < 4.78 is 101. The molecule has 0 radical (unpaired) electrons. The minimum absolute atomic E-state index is 0.0508. The lowest BCUT2D eigenvalue weighted by molar-refractivity contribution is -0.143. The Balaban J connectivity index is 1.70. The molecule has 12 heteroatoms. The summed E-state index contributed by atoms with van der Waals surface area (Å²) >= 11 is 0. The van der Waals surface area contributed by atoms with Crippen molar-refractivity contribution < 1.29 is 45.1 Å². The Hall–Kier alpha value is -3.15. The Morgan fingerprint density at radius 3 is 2.10 bits per heavy atom. The molecule has 0 aliphatic carbocycles. The van der Waals surface area contributed by atoms with Crippen molar-refractivity contribution in [3.8, 4) is 0 Å². The Bertz CT molecular complexity index is 1210. The van der Waals surface area contributed by atoms with Gasteiger partial charge in [0.25, 0.3) is 0 Å². The molecule has 2 fully saturated rings. The van der Waals surface area contributed by atoms with E-state index >= 15 is 0 Å². The quantitative estimate of drug-likeness (QED) is 0.315. The number of fused-ring (bicyclic) bond motifs is 1. The van der Waals surface area contributed by atoms with E-state index in [4.69, 9.17) is 4.74 Å². The summed E-state index contributed by atoms with van der Waals surface area (Å²) in [5.41, 5.74) is -3.33. The van der Waals surface area contributed by atoms with Crippen LogP contribution in [0, 0.1) is 11.7 Å². The monoisotopic (exact) mass is 574 g/mol. The number of amides is 2. The van der Waals surface area contributed by atoms with E-state index in [-0.39, 0.29) is 36.4 Å². The van der Waals surface area contributed by atoms with Crippen LogP contribution in [0.1, 0.15) is 67.9 Å². The van der Waals surface area contributed by atoms with Crippen molar-refractivity contribution in [1.82, 2.24) is 10.2 Å². The zero-order valence-electron chi connectivity index (χ0n) is 21.9. The maximum absolute atomic E-state index is 13.7. The molecular weight excluding hydrogens is 545 g/mol. The highest BCUT2D eigenvalue weighted by molar-refractivity contribution is 5.79. The fourth-order valence-corrected chi connectivity index (χ4v) is 5.77. The largest absolute Gasteiger partial charge is 0.416 e. The van der Waals surface area contributed by atoms with Crippen LogP contribution in [0.25, 0.3) is 0 Å². The third-order valence-electron chi connectivity index (χ3n) is 8.02. The van der Waals surface area contributed by atoms with Crippen molar-refractivity contribution in [3.05, 3.63) is 70.5 Å². The van der Waals surface area contributed by atoms with Crippen LogP contribution in [0.3, 0.4) is 0 Å². The van der Waals surface area contributed by atoms with Gasteiger partial charge in [0.05, 0.1) is 23.3 Å².